The number of amides is 1. The summed E-state index contributed by atoms with van der Waals surface area (Å²) in [6.07, 6.45) is 1.84. The minimum absolute atomic E-state index is 0.0508. The molecule has 1 amide bonds. The second kappa shape index (κ2) is 7.60. The molecule has 0 bridgehead atoms. The fraction of sp³-hybridized carbons (Fsp3) is 0.333. The van der Waals surface area contributed by atoms with Crippen LogP contribution in [0.5, 0.6) is 0 Å². The number of benzene rings is 1. The third-order valence-corrected chi connectivity index (χ3v) is 4.61. The van der Waals surface area contributed by atoms with Crippen molar-refractivity contribution in [1.82, 2.24) is 15.0 Å². The second-order valence-corrected chi connectivity index (χ2v) is 6.81. The molecule has 0 aliphatic heterocycles. The molecule has 3 aromatic rings. The molecule has 5 nitrogen and oxygen atoms in total. The molecule has 0 saturated carbocycles. The van der Waals surface area contributed by atoms with Gasteiger partial charge in [-0.15, -0.1) is 0 Å². The van der Waals surface area contributed by atoms with Crippen molar-refractivity contribution in [3.63, 3.8) is 0 Å². The number of carbonyl (C=O) groups is 1. The van der Waals surface area contributed by atoms with Crippen molar-refractivity contribution in [2.24, 2.45) is 0 Å². The Morgan fingerprint density at radius 3 is 2.58 bits per heavy atom. The smallest absolute Gasteiger partial charge is 0.253 e. The van der Waals surface area contributed by atoms with Gasteiger partial charge < -0.3 is 9.84 Å². The maximum Gasteiger partial charge on any atom is 0.253 e. The molecule has 2 heterocycles. The largest absolute Gasteiger partial charge is 0.360 e. The van der Waals surface area contributed by atoms with Crippen molar-refractivity contribution in [2.45, 2.75) is 46.6 Å². The molecule has 0 unspecified atom stereocenters. The first-order valence-corrected chi connectivity index (χ1v) is 8.93. The van der Waals surface area contributed by atoms with Gasteiger partial charge in [-0.25, -0.2) is 0 Å². The number of nitrogens with one attached hydrogen (secondary N) is 1. The molecule has 5 heteroatoms. The van der Waals surface area contributed by atoms with Crippen LogP contribution >= 0.6 is 0 Å². The number of carbonyl (C=O) groups excluding carboxylic acids is 1. The molecular weight excluding hydrogens is 326 g/mol. The van der Waals surface area contributed by atoms with Crippen LogP contribution in [0.3, 0.4) is 0 Å². The number of aryl methyl sites for hydroxylation is 3. The SMILES string of the molecule is Cc1cc(-n2c(C)cc(C(=O)N[C@@H](C)CCc3ccccc3)c2C)no1. The number of hydrogen-bond donors (Lipinski definition) is 1. The van der Waals surface area contributed by atoms with Crippen LogP contribution in [-0.4, -0.2) is 21.7 Å². The summed E-state index contributed by atoms with van der Waals surface area (Å²) in [5.41, 5.74) is 3.78. The van der Waals surface area contributed by atoms with Gasteiger partial charge in [-0.2, -0.15) is 0 Å². The molecule has 0 fully saturated rings. The summed E-state index contributed by atoms with van der Waals surface area (Å²) in [6.45, 7) is 7.79. The standard InChI is InChI=1S/C21H25N3O2/c1-14(10-11-18-8-6-5-7-9-18)22-21(25)19-12-15(2)24(17(19)4)20-13-16(3)26-23-20/h5-9,12-14H,10-11H2,1-4H3,(H,22,25)/t14-/m0/s1. The second-order valence-electron chi connectivity index (χ2n) is 6.81. The third-order valence-electron chi connectivity index (χ3n) is 4.61. The Balaban J connectivity index is 1.68. The molecule has 3 rings (SSSR count). The summed E-state index contributed by atoms with van der Waals surface area (Å²) >= 11 is 0. The van der Waals surface area contributed by atoms with E-state index >= 15 is 0 Å². The van der Waals surface area contributed by atoms with Crippen LogP contribution in [0.25, 0.3) is 5.82 Å². The lowest BCUT2D eigenvalue weighted by atomic mass is 10.1. The van der Waals surface area contributed by atoms with E-state index in [1.807, 2.05) is 62.6 Å². The minimum atomic E-state index is -0.0508. The van der Waals surface area contributed by atoms with Crippen molar-refractivity contribution >= 4 is 5.91 Å². The van der Waals surface area contributed by atoms with Crippen molar-refractivity contribution in [3.05, 3.63) is 70.7 Å². The molecule has 1 N–H and O–H groups in total. The fourth-order valence-electron chi connectivity index (χ4n) is 3.21. The highest BCUT2D eigenvalue weighted by atomic mass is 16.5. The highest BCUT2D eigenvalue weighted by molar-refractivity contribution is 5.96. The molecule has 0 spiro atoms. The Morgan fingerprint density at radius 2 is 1.92 bits per heavy atom. The maximum absolute atomic E-state index is 12.7. The minimum Gasteiger partial charge on any atom is -0.360 e. The summed E-state index contributed by atoms with van der Waals surface area (Å²) in [5.74, 6) is 1.40. The molecule has 0 saturated heterocycles. The number of hydrogen-bond acceptors (Lipinski definition) is 3. The predicted octanol–water partition coefficient (Wildman–Crippen LogP) is 4.14. The Morgan fingerprint density at radius 1 is 1.19 bits per heavy atom. The lowest BCUT2D eigenvalue weighted by Gasteiger charge is -2.14. The van der Waals surface area contributed by atoms with Gasteiger partial charge in [0.2, 0.25) is 0 Å². The first-order valence-electron chi connectivity index (χ1n) is 8.93. The Bertz CT molecular complexity index is 893. The van der Waals surface area contributed by atoms with Crippen LogP contribution in [0.15, 0.2) is 47.0 Å². The first-order chi connectivity index (χ1) is 12.5. The van der Waals surface area contributed by atoms with E-state index < -0.39 is 0 Å². The van der Waals surface area contributed by atoms with Crippen LogP contribution in [0.1, 0.15) is 46.4 Å². The number of nitrogens with zero attached hydrogens (tertiary/aromatic N) is 2. The maximum atomic E-state index is 12.7. The van der Waals surface area contributed by atoms with E-state index in [1.165, 1.54) is 5.56 Å². The zero-order chi connectivity index (χ0) is 18.7. The summed E-state index contributed by atoms with van der Waals surface area (Å²) in [7, 11) is 0. The lowest BCUT2D eigenvalue weighted by molar-refractivity contribution is 0.0938. The Kier molecular flexibility index (Phi) is 5.26. The fourth-order valence-corrected chi connectivity index (χ4v) is 3.21. The van der Waals surface area contributed by atoms with E-state index in [9.17, 15) is 4.79 Å². The van der Waals surface area contributed by atoms with Gasteiger partial charge >= 0.3 is 0 Å². The van der Waals surface area contributed by atoms with E-state index in [1.54, 1.807) is 0 Å². The zero-order valence-corrected chi connectivity index (χ0v) is 15.7. The van der Waals surface area contributed by atoms with E-state index in [0.717, 1.165) is 30.0 Å². The molecule has 0 radical (unpaired) electrons. The molecule has 1 aromatic carbocycles. The average molecular weight is 351 g/mol. The van der Waals surface area contributed by atoms with E-state index in [0.29, 0.717) is 11.4 Å². The van der Waals surface area contributed by atoms with E-state index in [4.69, 9.17) is 4.52 Å². The van der Waals surface area contributed by atoms with E-state index in [-0.39, 0.29) is 11.9 Å². The van der Waals surface area contributed by atoms with Gasteiger partial charge in [-0.1, -0.05) is 35.5 Å². The van der Waals surface area contributed by atoms with Gasteiger partial charge in [0.15, 0.2) is 5.82 Å². The summed E-state index contributed by atoms with van der Waals surface area (Å²) in [5, 5.41) is 7.17. The summed E-state index contributed by atoms with van der Waals surface area (Å²) < 4.78 is 7.11. The van der Waals surface area contributed by atoms with Gasteiger partial charge in [-0.05, 0) is 52.2 Å². The van der Waals surface area contributed by atoms with Crippen molar-refractivity contribution in [3.8, 4) is 5.82 Å². The molecule has 0 aliphatic rings. The van der Waals surface area contributed by atoms with Crippen molar-refractivity contribution in [1.29, 1.82) is 0 Å². The molecular formula is C21H25N3O2. The highest BCUT2D eigenvalue weighted by Crippen LogP contribution is 2.21. The van der Waals surface area contributed by atoms with Crippen LogP contribution in [0, 0.1) is 20.8 Å². The van der Waals surface area contributed by atoms with Gasteiger partial charge in [0.1, 0.15) is 5.76 Å². The lowest BCUT2D eigenvalue weighted by Crippen LogP contribution is -2.33. The van der Waals surface area contributed by atoms with Crippen molar-refractivity contribution < 1.29 is 9.32 Å². The van der Waals surface area contributed by atoms with E-state index in [2.05, 4.69) is 22.6 Å². The topological polar surface area (TPSA) is 60.1 Å². The molecule has 136 valence electrons. The Labute approximate surface area is 154 Å². The van der Waals surface area contributed by atoms with Gasteiger partial charge in [0.25, 0.3) is 5.91 Å². The van der Waals surface area contributed by atoms with Crippen LogP contribution < -0.4 is 5.32 Å². The van der Waals surface area contributed by atoms with Crippen LogP contribution in [-0.2, 0) is 6.42 Å². The zero-order valence-electron chi connectivity index (χ0n) is 15.7. The normalized spacial score (nSPS) is 12.2. The van der Waals surface area contributed by atoms with Crippen LogP contribution in [0.2, 0.25) is 0 Å². The average Bonchev–Trinajstić information content (AvgIpc) is 3.16. The molecule has 26 heavy (non-hydrogen) atoms. The third kappa shape index (κ3) is 3.87. The monoisotopic (exact) mass is 351 g/mol. The molecule has 1 atom stereocenters. The summed E-state index contributed by atoms with van der Waals surface area (Å²) in [4.78, 5) is 12.7. The van der Waals surface area contributed by atoms with Gasteiger partial charge in [0.05, 0.1) is 5.56 Å². The molecule has 2 aromatic heterocycles. The molecule has 0 aliphatic carbocycles. The quantitative estimate of drug-likeness (QED) is 0.726. The Hall–Kier alpha value is -2.82. The summed E-state index contributed by atoms with van der Waals surface area (Å²) in [6, 6.07) is 14.2. The number of rotatable bonds is 6. The van der Waals surface area contributed by atoms with Crippen LogP contribution in [0.4, 0.5) is 0 Å². The number of aromatic nitrogens is 2. The van der Waals surface area contributed by atoms with Crippen molar-refractivity contribution in [2.75, 3.05) is 0 Å². The predicted molar refractivity (Wildman–Crippen MR) is 102 cm³/mol. The van der Waals surface area contributed by atoms with Gasteiger partial charge in [0, 0.05) is 23.5 Å². The van der Waals surface area contributed by atoms with Gasteiger partial charge in [-0.3, -0.25) is 9.36 Å². The highest BCUT2D eigenvalue weighted by Gasteiger charge is 2.19. The first kappa shape index (κ1) is 18.0.